The summed E-state index contributed by atoms with van der Waals surface area (Å²) in [4.78, 5) is 26.0. The van der Waals surface area contributed by atoms with Gasteiger partial charge in [0, 0.05) is 23.7 Å². The lowest BCUT2D eigenvalue weighted by Crippen LogP contribution is -2.37. The third kappa shape index (κ3) is 3.49. The molecular weight excluding hydrogens is 332 g/mol. The highest BCUT2D eigenvalue weighted by atomic mass is 35.5. The lowest BCUT2D eigenvalue weighted by atomic mass is 10.00. The van der Waals surface area contributed by atoms with Crippen molar-refractivity contribution in [2.45, 2.75) is 44.4 Å². The van der Waals surface area contributed by atoms with Crippen LogP contribution in [0.3, 0.4) is 0 Å². The number of hydrogen-bond donors (Lipinski definition) is 1. The number of nitrogens with one attached hydrogen (secondary N) is 1. The van der Waals surface area contributed by atoms with Crippen LogP contribution in [0.5, 0.6) is 0 Å². The molecule has 2 aliphatic heterocycles. The molecule has 24 heavy (non-hydrogen) atoms. The van der Waals surface area contributed by atoms with Crippen LogP contribution in [-0.4, -0.2) is 42.4 Å². The third-order valence-electron chi connectivity index (χ3n) is 4.03. The van der Waals surface area contributed by atoms with Crippen LogP contribution < -0.4 is 10.2 Å². The molecule has 0 unspecified atom stereocenters. The molecule has 1 N–H and O–H groups in total. The average Bonchev–Trinajstić information content (AvgIpc) is 3.01. The van der Waals surface area contributed by atoms with Crippen molar-refractivity contribution < 1.29 is 19.1 Å². The number of anilines is 1. The summed E-state index contributed by atoms with van der Waals surface area (Å²) < 4.78 is 11.0. The maximum absolute atomic E-state index is 12.3. The lowest BCUT2D eigenvalue weighted by molar-refractivity contribution is -0.157. The number of ether oxygens (including phenoxy) is 2. The number of esters is 1. The van der Waals surface area contributed by atoms with Crippen LogP contribution in [0.2, 0.25) is 5.02 Å². The quantitative estimate of drug-likeness (QED) is 0.829. The van der Waals surface area contributed by atoms with Gasteiger partial charge in [0.2, 0.25) is 0 Å². The molecule has 7 heteroatoms. The summed E-state index contributed by atoms with van der Waals surface area (Å²) in [5.74, 6) is -0.323. The minimum absolute atomic E-state index is 0.323. The normalized spacial score (nSPS) is 26.8. The summed E-state index contributed by atoms with van der Waals surface area (Å²) in [5, 5.41) is 3.66. The van der Waals surface area contributed by atoms with E-state index in [9.17, 15) is 9.59 Å². The van der Waals surface area contributed by atoms with Gasteiger partial charge in [0.1, 0.15) is 17.2 Å². The molecule has 3 rings (SSSR count). The Balaban J connectivity index is 1.70. The fraction of sp³-hybridized carbons (Fsp3) is 0.529. The van der Waals surface area contributed by atoms with E-state index in [-0.39, 0.29) is 5.97 Å². The maximum Gasteiger partial charge on any atom is 0.415 e. The Hall–Kier alpha value is -1.79. The number of halogens is 1. The van der Waals surface area contributed by atoms with Gasteiger partial charge in [0.05, 0.1) is 6.54 Å². The molecule has 1 aromatic rings. The van der Waals surface area contributed by atoms with Crippen LogP contribution in [0.15, 0.2) is 24.3 Å². The second-order valence-corrected chi connectivity index (χ2v) is 7.72. The number of nitrogens with zero attached hydrogens (tertiary/aromatic N) is 1. The first kappa shape index (κ1) is 17.0. The Labute approximate surface area is 146 Å². The predicted molar refractivity (Wildman–Crippen MR) is 90.3 cm³/mol. The molecule has 1 aromatic carbocycles. The van der Waals surface area contributed by atoms with E-state index in [2.05, 4.69) is 5.32 Å². The minimum atomic E-state index is -0.721. The first-order valence-electron chi connectivity index (χ1n) is 7.90. The number of benzene rings is 1. The number of rotatable bonds is 2. The van der Waals surface area contributed by atoms with Gasteiger partial charge in [0.15, 0.2) is 0 Å². The molecule has 0 saturated carbocycles. The van der Waals surface area contributed by atoms with E-state index in [1.165, 1.54) is 0 Å². The summed E-state index contributed by atoms with van der Waals surface area (Å²) in [5.41, 5.74) is -0.584. The first-order chi connectivity index (χ1) is 11.2. The number of carbonyl (C=O) groups is 2. The van der Waals surface area contributed by atoms with Crippen LogP contribution in [0.1, 0.15) is 27.2 Å². The summed E-state index contributed by atoms with van der Waals surface area (Å²) in [6, 6.07) is 6.58. The predicted octanol–water partition coefficient (Wildman–Crippen LogP) is 2.74. The minimum Gasteiger partial charge on any atom is -0.459 e. The molecule has 0 aliphatic carbocycles. The van der Waals surface area contributed by atoms with E-state index in [0.29, 0.717) is 30.2 Å². The van der Waals surface area contributed by atoms with Gasteiger partial charge in [-0.2, -0.15) is 0 Å². The average molecular weight is 353 g/mol. The summed E-state index contributed by atoms with van der Waals surface area (Å²) in [6.07, 6.45) is -0.0334. The smallest absolute Gasteiger partial charge is 0.415 e. The van der Waals surface area contributed by atoms with Crippen molar-refractivity contribution in [1.82, 2.24) is 5.32 Å². The van der Waals surface area contributed by atoms with Crippen molar-refractivity contribution in [3.8, 4) is 0 Å². The van der Waals surface area contributed by atoms with Gasteiger partial charge in [-0.3, -0.25) is 9.69 Å². The second-order valence-electron chi connectivity index (χ2n) is 7.29. The SMILES string of the molecule is CC(C)(C)OC(=O)[C@@H]1C[C@]2(CN1)CN(c1cccc(Cl)c1)C(=O)O2. The van der Waals surface area contributed by atoms with Crippen molar-refractivity contribution in [2.75, 3.05) is 18.0 Å². The monoisotopic (exact) mass is 352 g/mol. The molecule has 2 atom stereocenters. The molecule has 2 aliphatic rings. The number of carbonyl (C=O) groups excluding carboxylic acids is 2. The highest BCUT2D eigenvalue weighted by molar-refractivity contribution is 6.30. The lowest BCUT2D eigenvalue weighted by Gasteiger charge is -2.23. The first-order valence-corrected chi connectivity index (χ1v) is 8.28. The molecule has 0 aromatic heterocycles. The van der Waals surface area contributed by atoms with Crippen LogP contribution >= 0.6 is 11.6 Å². The van der Waals surface area contributed by atoms with Crippen LogP contribution in [0.25, 0.3) is 0 Å². The van der Waals surface area contributed by atoms with E-state index >= 15 is 0 Å². The molecule has 2 heterocycles. The van der Waals surface area contributed by atoms with Crippen LogP contribution in [0.4, 0.5) is 10.5 Å². The third-order valence-corrected chi connectivity index (χ3v) is 4.26. The van der Waals surface area contributed by atoms with Crippen molar-refractivity contribution in [2.24, 2.45) is 0 Å². The largest absolute Gasteiger partial charge is 0.459 e. The molecule has 1 amide bonds. The summed E-state index contributed by atoms with van der Waals surface area (Å²) in [7, 11) is 0. The number of amides is 1. The zero-order valence-electron chi connectivity index (χ0n) is 14.0. The van der Waals surface area contributed by atoms with E-state index in [1.54, 1.807) is 29.2 Å². The molecule has 6 nitrogen and oxygen atoms in total. The zero-order valence-corrected chi connectivity index (χ0v) is 14.7. The Morgan fingerprint density at radius 1 is 1.46 bits per heavy atom. The van der Waals surface area contributed by atoms with Crippen molar-refractivity contribution >= 4 is 29.4 Å². The van der Waals surface area contributed by atoms with Gasteiger partial charge in [-0.15, -0.1) is 0 Å². The van der Waals surface area contributed by atoms with Gasteiger partial charge < -0.3 is 14.8 Å². The maximum atomic E-state index is 12.3. The van der Waals surface area contributed by atoms with E-state index in [1.807, 2.05) is 20.8 Å². The van der Waals surface area contributed by atoms with Crippen molar-refractivity contribution in [3.63, 3.8) is 0 Å². The van der Waals surface area contributed by atoms with Crippen LogP contribution in [0, 0.1) is 0 Å². The molecule has 1 spiro atoms. The standard InChI is InChI=1S/C17H21ClN2O4/c1-16(2,3)23-14(21)13-8-17(9-19-13)10-20(15(22)24-17)12-6-4-5-11(18)7-12/h4-7,13,19H,8-10H2,1-3H3/t13-,17-/m0/s1. The molecule has 0 radical (unpaired) electrons. The molecular formula is C17H21ClN2O4. The van der Waals surface area contributed by atoms with E-state index < -0.39 is 23.3 Å². The Bertz CT molecular complexity index is 673. The summed E-state index contributed by atoms with van der Waals surface area (Å²) in [6.45, 7) is 6.27. The van der Waals surface area contributed by atoms with Gasteiger partial charge in [-0.1, -0.05) is 17.7 Å². The van der Waals surface area contributed by atoms with Crippen LogP contribution in [-0.2, 0) is 14.3 Å². The van der Waals surface area contributed by atoms with Crippen molar-refractivity contribution in [1.29, 1.82) is 0 Å². The molecule has 130 valence electrons. The van der Waals surface area contributed by atoms with Gasteiger partial charge in [-0.25, -0.2) is 4.79 Å². The van der Waals surface area contributed by atoms with E-state index in [4.69, 9.17) is 21.1 Å². The Morgan fingerprint density at radius 3 is 2.88 bits per heavy atom. The molecule has 0 bridgehead atoms. The Morgan fingerprint density at radius 2 is 2.21 bits per heavy atom. The van der Waals surface area contributed by atoms with Gasteiger partial charge in [0.25, 0.3) is 0 Å². The molecule has 2 fully saturated rings. The van der Waals surface area contributed by atoms with E-state index in [0.717, 1.165) is 0 Å². The second kappa shape index (κ2) is 5.93. The highest BCUT2D eigenvalue weighted by Gasteiger charge is 2.52. The van der Waals surface area contributed by atoms with Gasteiger partial charge in [-0.05, 0) is 39.0 Å². The topological polar surface area (TPSA) is 67.9 Å². The fourth-order valence-corrected chi connectivity index (χ4v) is 3.21. The highest BCUT2D eigenvalue weighted by Crippen LogP contribution is 2.35. The Kier molecular flexibility index (Phi) is 4.21. The fourth-order valence-electron chi connectivity index (χ4n) is 3.03. The zero-order chi connectivity index (χ0) is 17.5. The number of hydrogen-bond acceptors (Lipinski definition) is 5. The summed E-state index contributed by atoms with van der Waals surface area (Å²) >= 11 is 6.00. The molecule has 2 saturated heterocycles. The van der Waals surface area contributed by atoms with Gasteiger partial charge >= 0.3 is 12.1 Å². The van der Waals surface area contributed by atoms with Crippen molar-refractivity contribution in [3.05, 3.63) is 29.3 Å².